The summed E-state index contributed by atoms with van der Waals surface area (Å²) in [6.07, 6.45) is -1.53. The lowest BCUT2D eigenvalue weighted by molar-refractivity contribution is -0.384. The van der Waals surface area contributed by atoms with Crippen LogP contribution in [0.5, 0.6) is 5.75 Å². The second-order valence-corrected chi connectivity index (χ2v) is 8.13. The predicted octanol–water partition coefficient (Wildman–Crippen LogP) is 3.36. The van der Waals surface area contributed by atoms with Gasteiger partial charge in [0.15, 0.2) is 0 Å². The van der Waals surface area contributed by atoms with E-state index in [1.165, 1.54) is 24.3 Å². The number of carbonyl (C=O) groups is 3. The molecule has 0 saturated heterocycles. The van der Waals surface area contributed by atoms with E-state index in [2.05, 4.69) is 10.6 Å². The summed E-state index contributed by atoms with van der Waals surface area (Å²) in [6, 6.07) is 13.1. The molecule has 0 aliphatic carbocycles. The number of nitrogens with zero attached hydrogens (tertiary/aromatic N) is 1. The molecule has 182 valence electrons. The van der Waals surface area contributed by atoms with E-state index in [9.17, 15) is 24.5 Å². The van der Waals surface area contributed by atoms with Crippen molar-refractivity contribution in [2.45, 2.75) is 38.8 Å². The smallest absolute Gasteiger partial charge is 0.444 e. The number of nitro groups is 1. The Morgan fingerprint density at radius 2 is 1.68 bits per heavy atom. The minimum Gasteiger partial charge on any atom is -0.444 e. The summed E-state index contributed by atoms with van der Waals surface area (Å²) in [5.74, 6) is -0.411. The summed E-state index contributed by atoms with van der Waals surface area (Å²) in [5, 5.41) is 15.8. The zero-order valence-electron chi connectivity index (χ0n) is 19.1. The second-order valence-electron chi connectivity index (χ2n) is 8.13. The number of hydrogen-bond donors (Lipinski definition) is 2. The van der Waals surface area contributed by atoms with Crippen molar-refractivity contribution in [1.82, 2.24) is 10.6 Å². The third kappa shape index (κ3) is 9.55. The number of alkyl carbamates (subject to hydrolysis) is 1. The Morgan fingerprint density at radius 1 is 1.03 bits per heavy atom. The van der Waals surface area contributed by atoms with Crippen LogP contribution < -0.4 is 15.4 Å². The van der Waals surface area contributed by atoms with Crippen LogP contribution in [0.15, 0.2) is 54.6 Å². The highest BCUT2D eigenvalue weighted by Crippen LogP contribution is 2.17. The zero-order valence-corrected chi connectivity index (χ0v) is 19.1. The van der Waals surface area contributed by atoms with Gasteiger partial charge >= 0.3 is 12.2 Å². The lowest BCUT2D eigenvalue weighted by Crippen LogP contribution is -2.49. The third-order valence-electron chi connectivity index (χ3n) is 4.16. The Hall–Kier alpha value is -4.15. The summed E-state index contributed by atoms with van der Waals surface area (Å²) in [4.78, 5) is 46.7. The molecule has 0 spiro atoms. The first kappa shape index (κ1) is 26.1. The van der Waals surface area contributed by atoms with Crippen LogP contribution in [-0.2, 0) is 20.7 Å². The van der Waals surface area contributed by atoms with Crippen molar-refractivity contribution in [3.63, 3.8) is 0 Å². The molecule has 0 aromatic heterocycles. The van der Waals surface area contributed by atoms with Gasteiger partial charge in [-0.3, -0.25) is 14.9 Å². The second kappa shape index (κ2) is 12.2. The maximum Gasteiger partial charge on any atom is 0.513 e. The SMILES string of the molecule is CC(C)(C)OC(=O)NC(Cc1ccccc1)C(=O)NCCOC(=O)Oc1ccc([N+](=O)[O-])cc1. The topological polar surface area (TPSA) is 146 Å². The first-order chi connectivity index (χ1) is 16.0. The number of nitrogens with one attached hydrogen (secondary N) is 2. The lowest BCUT2D eigenvalue weighted by Gasteiger charge is -2.23. The summed E-state index contributed by atoms with van der Waals surface area (Å²) >= 11 is 0. The molecule has 2 aromatic rings. The van der Waals surface area contributed by atoms with E-state index in [1.54, 1.807) is 20.8 Å². The molecule has 2 aromatic carbocycles. The van der Waals surface area contributed by atoms with Gasteiger partial charge in [-0.2, -0.15) is 0 Å². The maximum absolute atomic E-state index is 12.7. The van der Waals surface area contributed by atoms with E-state index in [0.29, 0.717) is 0 Å². The number of amides is 2. The molecule has 0 heterocycles. The molecule has 2 amide bonds. The highest BCUT2D eigenvalue weighted by Gasteiger charge is 2.24. The lowest BCUT2D eigenvalue weighted by atomic mass is 10.1. The van der Waals surface area contributed by atoms with Gasteiger partial charge in [-0.05, 0) is 38.5 Å². The fourth-order valence-corrected chi connectivity index (χ4v) is 2.70. The molecule has 0 aliphatic heterocycles. The Labute approximate surface area is 196 Å². The minimum absolute atomic E-state index is 0.0323. The van der Waals surface area contributed by atoms with Gasteiger partial charge in [0, 0.05) is 18.6 Å². The van der Waals surface area contributed by atoms with Crippen LogP contribution >= 0.6 is 0 Å². The van der Waals surface area contributed by atoms with Crippen molar-refractivity contribution in [2.75, 3.05) is 13.2 Å². The van der Waals surface area contributed by atoms with Crippen LogP contribution in [-0.4, -0.2) is 47.9 Å². The van der Waals surface area contributed by atoms with Crippen molar-refractivity contribution in [3.05, 3.63) is 70.3 Å². The number of non-ortho nitro benzene ring substituents is 1. The Bertz CT molecular complexity index is 988. The molecule has 0 saturated carbocycles. The number of rotatable bonds is 9. The average Bonchev–Trinajstić information content (AvgIpc) is 2.76. The molecular weight excluding hydrogens is 446 g/mol. The van der Waals surface area contributed by atoms with Crippen LogP contribution in [0.4, 0.5) is 15.3 Å². The molecule has 0 fully saturated rings. The monoisotopic (exact) mass is 473 g/mol. The van der Waals surface area contributed by atoms with Crippen molar-refractivity contribution in [2.24, 2.45) is 0 Å². The van der Waals surface area contributed by atoms with Gasteiger partial charge in [-0.25, -0.2) is 9.59 Å². The van der Waals surface area contributed by atoms with E-state index in [0.717, 1.165) is 5.56 Å². The first-order valence-corrected chi connectivity index (χ1v) is 10.4. The normalized spacial score (nSPS) is 11.6. The van der Waals surface area contributed by atoms with Crippen molar-refractivity contribution in [3.8, 4) is 5.75 Å². The molecular formula is C23H27N3O8. The highest BCUT2D eigenvalue weighted by molar-refractivity contribution is 5.86. The molecule has 1 unspecified atom stereocenters. The first-order valence-electron chi connectivity index (χ1n) is 10.4. The van der Waals surface area contributed by atoms with Gasteiger partial charge in [0.05, 0.1) is 11.5 Å². The van der Waals surface area contributed by atoms with Gasteiger partial charge in [-0.1, -0.05) is 30.3 Å². The number of carbonyl (C=O) groups excluding carboxylic acids is 3. The Balaban J connectivity index is 1.84. The van der Waals surface area contributed by atoms with Crippen molar-refractivity contribution >= 4 is 23.8 Å². The Kier molecular flexibility index (Phi) is 9.36. The van der Waals surface area contributed by atoms with Crippen molar-refractivity contribution < 1.29 is 33.5 Å². The summed E-state index contributed by atoms with van der Waals surface area (Å²) in [7, 11) is 0. The van der Waals surface area contributed by atoms with Gasteiger partial charge in [0.1, 0.15) is 24.0 Å². The largest absolute Gasteiger partial charge is 0.513 e. The maximum atomic E-state index is 12.7. The van der Waals surface area contributed by atoms with E-state index < -0.39 is 34.7 Å². The summed E-state index contributed by atoms with van der Waals surface area (Å²) in [5.41, 5.74) is -0.0365. The molecule has 11 heteroatoms. The van der Waals surface area contributed by atoms with Crippen LogP contribution in [0.3, 0.4) is 0 Å². The zero-order chi connectivity index (χ0) is 25.1. The van der Waals surface area contributed by atoms with Crippen LogP contribution in [0, 0.1) is 10.1 Å². The molecule has 0 radical (unpaired) electrons. The minimum atomic E-state index is -1.03. The Morgan fingerprint density at radius 3 is 2.26 bits per heavy atom. The quantitative estimate of drug-likeness (QED) is 0.185. The van der Waals surface area contributed by atoms with E-state index in [4.69, 9.17) is 14.2 Å². The molecule has 0 aliphatic rings. The van der Waals surface area contributed by atoms with E-state index in [-0.39, 0.29) is 31.0 Å². The fraction of sp³-hybridized carbons (Fsp3) is 0.348. The van der Waals surface area contributed by atoms with Gasteiger partial charge in [0.25, 0.3) is 5.69 Å². The van der Waals surface area contributed by atoms with Gasteiger partial charge in [0.2, 0.25) is 5.91 Å². The highest BCUT2D eigenvalue weighted by atomic mass is 16.7. The summed E-state index contributed by atoms with van der Waals surface area (Å²) < 4.78 is 15.0. The van der Waals surface area contributed by atoms with E-state index >= 15 is 0 Å². The number of nitro benzene ring substituents is 1. The standard InChI is InChI=1S/C23H27N3O8/c1-23(2,3)34-21(28)25-19(15-16-7-5-4-6-8-16)20(27)24-13-14-32-22(29)33-18-11-9-17(10-12-18)26(30)31/h4-12,19H,13-15H2,1-3H3,(H,24,27)(H,25,28). The number of ether oxygens (including phenoxy) is 3. The molecule has 11 nitrogen and oxygen atoms in total. The van der Waals surface area contributed by atoms with Crippen molar-refractivity contribution in [1.29, 1.82) is 0 Å². The third-order valence-corrected chi connectivity index (χ3v) is 4.16. The molecule has 34 heavy (non-hydrogen) atoms. The molecule has 2 N–H and O–H groups in total. The number of hydrogen-bond acceptors (Lipinski definition) is 8. The van der Waals surface area contributed by atoms with Gasteiger partial charge in [-0.15, -0.1) is 0 Å². The van der Waals surface area contributed by atoms with Crippen LogP contribution in [0.1, 0.15) is 26.3 Å². The molecule has 0 bridgehead atoms. The van der Waals surface area contributed by atoms with Gasteiger partial charge < -0.3 is 24.8 Å². The van der Waals surface area contributed by atoms with E-state index in [1.807, 2.05) is 30.3 Å². The average molecular weight is 473 g/mol. The number of benzene rings is 2. The predicted molar refractivity (Wildman–Crippen MR) is 121 cm³/mol. The molecule has 1 atom stereocenters. The van der Waals surface area contributed by atoms with Crippen LogP contribution in [0.25, 0.3) is 0 Å². The fourth-order valence-electron chi connectivity index (χ4n) is 2.70. The molecule has 2 rings (SSSR count). The summed E-state index contributed by atoms with van der Waals surface area (Å²) in [6.45, 7) is 4.92. The van der Waals surface area contributed by atoms with Crippen LogP contribution in [0.2, 0.25) is 0 Å².